The van der Waals surface area contributed by atoms with Crippen LogP contribution >= 0.6 is 11.8 Å². The van der Waals surface area contributed by atoms with E-state index >= 15 is 0 Å². The van der Waals surface area contributed by atoms with Crippen molar-refractivity contribution in [2.24, 2.45) is 0 Å². The minimum Gasteiger partial charge on any atom is -0.362 e. The van der Waals surface area contributed by atoms with Crippen LogP contribution in [0.3, 0.4) is 0 Å². The van der Waals surface area contributed by atoms with Gasteiger partial charge in [-0.3, -0.25) is 4.79 Å². The fraction of sp³-hybridized carbons (Fsp3) is 0.182. The first-order chi connectivity index (χ1) is 13.9. The van der Waals surface area contributed by atoms with Crippen molar-refractivity contribution in [3.8, 4) is 17.2 Å². The summed E-state index contributed by atoms with van der Waals surface area (Å²) in [6.45, 7) is 1.99. The van der Waals surface area contributed by atoms with Gasteiger partial charge in [0.1, 0.15) is 11.9 Å². The predicted molar refractivity (Wildman–Crippen MR) is 117 cm³/mol. The number of rotatable bonds is 5. The normalized spacial score (nSPS) is 10.3. The number of aromatic nitrogens is 2. The third-order valence-electron chi connectivity index (χ3n) is 4.42. The summed E-state index contributed by atoms with van der Waals surface area (Å²) in [5.74, 6) is 0.428. The third kappa shape index (κ3) is 4.55. The van der Waals surface area contributed by atoms with E-state index in [9.17, 15) is 10.1 Å². The van der Waals surface area contributed by atoms with E-state index in [4.69, 9.17) is 0 Å². The molecule has 0 aliphatic carbocycles. The monoisotopic (exact) mass is 403 g/mol. The first-order valence-electron chi connectivity index (χ1n) is 8.93. The van der Waals surface area contributed by atoms with Crippen LogP contribution in [0.4, 0.5) is 11.5 Å². The fourth-order valence-corrected chi connectivity index (χ4v) is 3.33. The summed E-state index contributed by atoms with van der Waals surface area (Å²) in [6, 6.07) is 13.2. The Bertz CT molecular complexity index is 1100. The molecule has 0 atom stereocenters. The Morgan fingerprint density at radius 2 is 1.97 bits per heavy atom. The molecule has 3 aromatic rings. The number of nitrogens with zero attached hydrogens (tertiary/aromatic N) is 4. The molecule has 1 amide bonds. The molecule has 2 aromatic heterocycles. The molecule has 1 N–H and O–H groups in total. The average Bonchev–Trinajstić information content (AvgIpc) is 2.74. The van der Waals surface area contributed by atoms with Crippen molar-refractivity contribution in [1.29, 1.82) is 5.26 Å². The van der Waals surface area contributed by atoms with Gasteiger partial charge in [-0.2, -0.15) is 5.26 Å². The average molecular weight is 404 g/mol. The number of pyridine rings is 2. The molecule has 146 valence electrons. The van der Waals surface area contributed by atoms with Crippen molar-refractivity contribution in [2.45, 2.75) is 11.9 Å². The molecule has 2 heterocycles. The number of aryl methyl sites for hydroxylation is 1. The number of nitriles is 1. The standard InChI is InChI=1S/C22H21N5OS/c1-14-5-6-18(26-22(28)15-7-8-24-20(10-15)29-4)11-19(14)17-9-16(12-23)21(25-13-17)27(2)3/h5-11,13H,1-4H3,(H,26,28). The quantitative estimate of drug-likeness (QED) is 0.637. The molecule has 0 unspecified atom stereocenters. The molecule has 7 heteroatoms. The summed E-state index contributed by atoms with van der Waals surface area (Å²) in [7, 11) is 3.71. The molecule has 29 heavy (non-hydrogen) atoms. The zero-order valence-corrected chi connectivity index (χ0v) is 17.5. The number of carbonyl (C=O) groups is 1. The molecular formula is C22H21N5OS. The zero-order valence-electron chi connectivity index (χ0n) is 16.7. The van der Waals surface area contributed by atoms with E-state index in [1.165, 1.54) is 11.8 Å². The highest BCUT2D eigenvalue weighted by molar-refractivity contribution is 7.98. The zero-order chi connectivity index (χ0) is 21.0. The minimum atomic E-state index is -0.198. The van der Waals surface area contributed by atoms with Gasteiger partial charge in [0.25, 0.3) is 5.91 Å². The van der Waals surface area contributed by atoms with Crippen LogP contribution in [0.15, 0.2) is 53.8 Å². The fourth-order valence-electron chi connectivity index (χ4n) is 2.92. The molecule has 1 aromatic carbocycles. The van der Waals surface area contributed by atoms with Crippen LogP contribution in [-0.2, 0) is 0 Å². The highest BCUT2D eigenvalue weighted by Crippen LogP contribution is 2.29. The van der Waals surface area contributed by atoms with Gasteiger partial charge in [-0.25, -0.2) is 9.97 Å². The highest BCUT2D eigenvalue weighted by Gasteiger charge is 2.12. The molecule has 3 rings (SSSR count). The molecule has 0 fully saturated rings. The van der Waals surface area contributed by atoms with Crippen molar-refractivity contribution in [2.75, 3.05) is 30.6 Å². The Kier molecular flexibility index (Phi) is 6.15. The van der Waals surface area contributed by atoms with Crippen LogP contribution in [0.1, 0.15) is 21.5 Å². The number of hydrogen-bond donors (Lipinski definition) is 1. The molecule has 0 saturated heterocycles. The van der Waals surface area contributed by atoms with Crippen molar-refractivity contribution in [1.82, 2.24) is 9.97 Å². The maximum atomic E-state index is 12.6. The Morgan fingerprint density at radius 3 is 2.66 bits per heavy atom. The Balaban J connectivity index is 1.92. The van der Waals surface area contributed by atoms with Crippen molar-refractivity contribution >= 4 is 29.2 Å². The second-order valence-electron chi connectivity index (χ2n) is 6.67. The number of nitrogens with one attached hydrogen (secondary N) is 1. The SMILES string of the molecule is CSc1cc(C(=O)Nc2ccc(C)c(-c3cnc(N(C)C)c(C#N)c3)c2)ccn1. The third-order valence-corrected chi connectivity index (χ3v) is 5.06. The smallest absolute Gasteiger partial charge is 0.255 e. The molecule has 0 aliphatic heterocycles. The molecule has 0 spiro atoms. The van der Waals surface area contributed by atoms with Gasteiger partial charge in [-0.05, 0) is 54.6 Å². The van der Waals surface area contributed by atoms with Crippen molar-refractivity contribution in [3.05, 3.63) is 65.5 Å². The molecule has 0 aliphatic rings. The second kappa shape index (κ2) is 8.76. The molecule has 6 nitrogen and oxygen atoms in total. The Hall–Kier alpha value is -3.37. The molecule has 0 saturated carbocycles. The summed E-state index contributed by atoms with van der Waals surface area (Å²) in [4.78, 5) is 23.1. The van der Waals surface area contributed by atoms with E-state index in [0.29, 0.717) is 22.6 Å². The van der Waals surface area contributed by atoms with Gasteiger partial charge in [0.2, 0.25) is 0 Å². The van der Waals surface area contributed by atoms with Crippen LogP contribution in [0.25, 0.3) is 11.1 Å². The van der Waals surface area contributed by atoms with E-state index in [1.54, 1.807) is 24.5 Å². The largest absolute Gasteiger partial charge is 0.362 e. The maximum absolute atomic E-state index is 12.6. The van der Waals surface area contributed by atoms with Crippen LogP contribution in [-0.4, -0.2) is 36.2 Å². The summed E-state index contributed by atoms with van der Waals surface area (Å²) in [5.41, 5.74) is 4.50. The van der Waals surface area contributed by atoms with Crippen LogP contribution in [0.5, 0.6) is 0 Å². The lowest BCUT2D eigenvalue weighted by molar-refractivity contribution is 0.102. The topological polar surface area (TPSA) is 81.9 Å². The van der Waals surface area contributed by atoms with Crippen LogP contribution < -0.4 is 10.2 Å². The Labute approximate surface area is 174 Å². The van der Waals surface area contributed by atoms with E-state index in [2.05, 4.69) is 21.4 Å². The van der Waals surface area contributed by atoms with Gasteiger partial charge in [-0.15, -0.1) is 11.8 Å². The number of carbonyl (C=O) groups excluding carboxylic acids is 1. The second-order valence-corrected chi connectivity index (χ2v) is 7.50. The lowest BCUT2D eigenvalue weighted by atomic mass is 10.00. The van der Waals surface area contributed by atoms with Gasteiger partial charge in [0.05, 0.1) is 10.6 Å². The van der Waals surface area contributed by atoms with Crippen molar-refractivity contribution in [3.63, 3.8) is 0 Å². The number of thioether (sulfide) groups is 1. The van der Waals surface area contributed by atoms with Gasteiger partial charge in [0.15, 0.2) is 0 Å². The molecule has 0 radical (unpaired) electrons. The summed E-state index contributed by atoms with van der Waals surface area (Å²) >= 11 is 1.49. The lowest BCUT2D eigenvalue weighted by Crippen LogP contribution is -2.13. The first kappa shape index (κ1) is 20.4. The molecular weight excluding hydrogens is 382 g/mol. The van der Waals surface area contributed by atoms with E-state index in [-0.39, 0.29) is 5.91 Å². The van der Waals surface area contributed by atoms with Gasteiger partial charge >= 0.3 is 0 Å². The summed E-state index contributed by atoms with van der Waals surface area (Å²) < 4.78 is 0. The summed E-state index contributed by atoms with van der Waals surface area (Å²) in [5, 5.41) is 13.2. The minimum absolute atomic E-state index is 0.198. The lowest BCUT2D eigenvalue weighted by Gasteiger charge is -2.15. The van der Waals surface area contributed by atoms with E-state index < -0.39 is 0 Å². The van der Waals surface area contributed by atoms with E-state index in [0.717, 1.165) is 21.7 Å². The number of benzene rings is 1. The number of amides is 1. The maximum Gasteiger partial charge on any atom is 0.255 e. The Morgan fingerprint density at radius 1 is 1.17 bits per heavy atom. The first-order valence-corrected chi connectivity index (χ1v) is 10.1. The van der Waals surface area contributed by atoms with Crippen LogP contribution in [0, 0.1) is 18.3 Å². The van der Waals surface area contributed by atoms with Gasteiger partial charge < -0.3 is 10.2 Å². The highest BCUT2D eigenvalue weighted by atomic mass is 32.2. The van der Waals surface area contributed by atoms with Gasteiger partial charge in [-0.1, -0.05) is 6.07 Å². The number of anilines is 2. The summed E-state index contributed by atoms with van der Waals surface area (Å²) in [6.07, 6.45) is 5.29. The van der Waals surface area contributed by atoms with Crippen LogP contribution in [0.2, 0.25) is 0 Å². The van der Waals surface area contributed by atoms with Crippen molar-refractivity contribution < 1.29 is 4.79 Å². The van der Waals surface area contributed by atoms with Gasteiger partial charge in [0, 0.05) is 43.3 Å². The number of hydrogen-bond acceptors (Lipinski definition) is 6. The predicted octanol–water partition coefficient (Wildman–Crippen LogP) is 4.36. The molecule has 0 bridgehead atoms. The van der Waals surface area contributed by atoms with E-state index in [1.807, 2.05) is 56.4 Å².